The van der Waals surface area contributed by atoms with Gasteiger partial charge in [0.05, 0.1) is 22.4 Å². The molecular formula is C56H36N2O. The van der Waals surface area contributed by atoms with Crippen molar-refractivity contribution in [1.82, 2.24) is 4.57 Å². The van der Waals surface area contributed by atoms with Crippen molar-refractivity contribution in [2.24, 2.45) is 0 Å². The third kappa shape index (κ3) is 5.36. The van der Waals surface area contributed by atoms with E-state index in [0.29, 0.717) is 0 Å². The lowest BCUT2D eigenvalue weighted by Crippen LogP contribution is -2.11. The van der Waals surface area contributed by atoms with Crippen LogP contribution in [0.4, 0.5) is 17.1 Å². The minimum absolute atomic E-state index is 0.892. The molecule has 2 heterocycles. The first-order valence-electron chi connectivity index (χ1n) is 20.2. The Morgan fingerprint density at radius 3 is 1.61 bits per heavy atom. The maximum atomic E-state index is 6.33. The van der Waals surface area contributed by atoms with Gasteiger partial charge < -0.3 is 13.9 Å². The first kappa shape index (κ1) is 33.3. The molecule has 0 fully saturated rings. The minimum Gasteiger partial charge on any atom is -0.456 e. The van der Waals surface area contributed by atoms with Gasteiger partial charge in [0.25, 0.3) is 0 Å². The van der Waals surface area contributed by atoms with Crippen LogP contribution < -0.4 is 4.90 Å². The van der Waals surface area contributed by atoms with Gasteiger partial charge in [-0.3, -0.25) is 0 Å². The molecule has 0 radical (unpaired) electrons. The van der Waals surface area contributed by atoms with Gasteiger partial charge in [0.1, 0.15) is 11.2 Å². The van der Waals surface area contributed by atoms with E-state index < -0.39 is 0 Å². The lowest BCUT2D eigenvalue weighted by Gasteiger charge is -2.28. The molecule has 0 N–H and O–H groups in total. The highest BCUT2D eigenvalue weighted by Crippen LogP contribution is 2.44. The van der Waals surface area contributed by atoms with E-state index in [9.17, 15) is 0 Å². The van der Waals surface area contributed by atoms with Crippen LogP contribution in [0.15, 0.2) is 223 Å². The second-order valence-corrected chi connectivity index (χ2v) is 15.3. The van der Waals surface area contributed by atoms with E-state index in [1.54, 1.807) is 0 Å². The zero-order chi connectivity index (χ0) is 38.9. The Hall–Kier alpha value is -7.88. The Labute approximate surface area is 341 Å². The van der Waals surface area contributed by atoms with E-state index in [1.807, 2.05) is 12.1 Å². The predicted octanol–water partition coefficient (Wildman–Crippen LogP) is 15.8. The fourth-order valence-corrected chi connectivity index (χ4v) is 9.26. The standard InChI is InChI=1S/C56H36N2O/c1-3-19-45-37(13-1)15-11-24-51(45)57(52-25-12-16-38-14-2-4-20-46(38)52)41-30-27-39(28-31-41)43-17-5-6-18-44(43)40-29-34-54-50(35-40)47-21-7-9-23-53(47)58(54)42-32-33-49-48-22-8-10-26-55(48)59-56(49)36-42/h1-36H. The van der Waals surface area contributed by atoms with Crippen LogP contribution in [-0.2, 0) is 0 Å². The monoisotopic (exact) mass is 752 g/mol. The van der Waals surface area contributed by atoms with E-state index >= 15 is 0 Å². The van der Waals surface area contributed by atoms with Crippen LogP contribution in [0.2, 0.25) is 0 Å². The van der Waals surface area contributed by atoms with Crippen molar-refractivity contribution < 1.29 is 4.42 Å². The van der Waals surface area contributed by atoms with E-state index in [0.717, 1.165) is 50.2 Å². The number of furan rings is 1. The van der Waals surface area contributed by atoms with Crippen molar-refractivity contribution in [3.8, 4) is 27.9 Å². The summed E-state index contributed by atoms with van der Waals surface area (Å²) < 4.78 is 8.70. The Morgan fingerprint density at radius 1 is 0.339 bits per heavy atom. The van der Waals surface area contributed by atoms with Gasteiger partial charge in [0.2, 0.25) is 0 Å². The number of benzene rings is 10. The Bertz CT molecular complexity index is 3480. The summed E-state index contributed by atoms with van der Waals surface area (Å²) in [5, 5.41) is 9.56. The SMILES string of the molecule is c1ccc(-c2ccc3c(c2)c2ccccc2n3-c2ccc3c(c2)oc2ccccc23)c(-c2ccc(N(c3cccc4ccccc34)c3cccc4ccccc34)cc2)c1. The fourth-order valence-electron chi connectivity index (χ4n) is 9.26. The average molecular weight is 753 g/mol. The second kappa shape index (κ2) is 13.4. The fraction of sp³-hybridized carbons (Fsp3) is 0. The summed E-state index contributed by atoms with van der Waals surface area (Å²) in [6, 6.07) is 78.8. The van der Waals surface area contributed by atoms with Crippen LogP contribution in [0.25, 0.3) is 93.2 Å². The molecule has 0 saturated carbocycles. The van der Waals surface area contributed by atoms with Gasteiger partial charge in [-0.2, -0.15) is 0 Å². The summed E-state index contributed by atoms with van der Waals surface area (Å²) in [5.41, 5.74) is 13.4. The third-order valence-corrected chi connectivity index (χ3v) is 12.0. The minimum atomic E-state index is 0.892. The van der Waals surface area contributed by atoms with Crippen LogP contribution in [-0.4, -0.2) is 4.57 Å². The first-order valence-corrected chi connectivity index (χ1v) is 20.2. The number of hydrogen-bond acceptors (Lipinski definition) is 2. The molecule has 3 nitrogen and oxygen atoms in total. The topological polar surface area (TPSA) is 21.3 Å². The van der Waals surface area contributed by atoms with Gasteiger partial charge in [-0.05, 0) is 93.7 Å². The molecule has 0 bridgehead atoms. The van der Waals surface area contributed by atoms with Crippen molar-refractivity contribution >= 4 is 82.4 Å². The summed E-state index contributed by atoms with van der Waals surface area (Å²) in [6.45, 7) is 0. The van der Waals surface area contributed by atoms with Crippen molar-refractivity contribution in [3.05, 3.63) is 218 Å². The summed E-state index contributed by atoms with van der Waals surface area (Å²) in [4.78, 5) is 2.41. The Morgan fingerprint density at radius 2 is 0.881 bits per heavy atom. The third-order valence-electron chi connectivity index (χ3n) is 12.0. The molecule has 0 unspecified atom stereocenters. The molecule has 2 aromatic heterocycles. The van der Waals surface area contributed by atoms with Crippen molar-refractivity contribution in [3.63, 3.8) is 0 Å². The van der Waals surface area contributed by atoms with Crippen LogP contribution in [0, 0.1) is 0 Å². The van der Waals surface area contributed by atoms with E-state index in [-0.39, 0.29) is 0 Å². The zero-order valence-electron chi connectivity index (χ0n) is 32.1. The second-order valence-electron chi connectivity index (χ2n) is 15.3. The summed E-state index contributed by atoms with van der Waals surface area (Å²) in [6.07, 6.45) is 0. The molecule has 10 aromatic carbocycles. The number of fused-ring (bicyclic) bond motifs is 8. The van der Waals surface area contributed by atoms with Gasteiger partial charge in [-0.25, -0.2) is 0 Å². The molecule has 0 amide bonds. The largest absolute Gasteiger partial charge is 0.456 e. The molecule has 0 aliphatic rings. The maximum absolute atomic E-state index is 6.33. The summed E-state index contributed by atoms with van der Waals surface area (Å²) in [5.74, 6) is 0. The van der Waals surface area contributed by atoms with Gasteiger partial charge in [0, 0.05) is 49.8 Å². The predicted molar refractivity (Wildman–Crippen MR) is 249 cm³/mol. The zero-order valence-corrected chi connectivity index (χ0v) is 32.1. The van der Waals surface area contributed by atoms with Crippen molar-refractivity contribution in [2.45, 2.75) is 0 Å². The molecule has 3 heteroatoms. The van der Waals surface area contributed by atoms with E-state index in [2.05, 4.69) is 216 Å². The van der Waals surface area contributed by atoms with E-state index in [4.69, 9.17) is 4.42 Å². The lowest BCUT2D eigenvalue weighted by molar-refractivity contribution is 0.668. The molecule has 0 aliphatic heterocycles. The Balaban J connectivity index is 0.971. The maximum Gasteiger partial charge on any atom is 0.137 e. The highest BCUT2D eigenvalue weighted by atomic mass is 16.3. The molecular weight excluding hydrogens is 717 g/mol. The van der Waals surface area contributed by atoms with E-state index in [1.165, 1.54) is 60.1 Å². The number of anilines is 3. The van der Waals surface area contributed by atoms with Gasteiger partial charge >= 0.3 is 0 Å². The van der Waals surface area contributed by atoms with Crippen LogP contribution in [0.3, 0.4) is 0 Å². The summed E-state index contributed by atoms with van der Waals surface area (Å²) in [7, 11) is 0. The Kier molecular flexibility index (Phi) is 7.54. The molecule has 0 atom stereocenters. The van der Waals surface area contributed by atoms with Crippen molar-refractivity contribution in [2.75, 3.05) is 4.90 Å². The number of aromatic nitrogens is 1. The lowest BCUT2D eigenvalue weighted by atomic mass is 9.93. The normalized spacial score (nSPS) is 11.7. The summed E-state index contributed by atoms with van der Waals surface area (Å²) >= 11 is 0. The molecule has 12 rings (SSSR count). The quantitative estimate of drug-likeness (QED) is 0.169. The molecule has 12 aromatic rings. The number of para-hydroxylation sites is 2. The van der Waals surface area contributed by atoms with Crippen LogP contribution in [0.5, 0.6) is 0 Å². The molecule has 59 heavy (non-hydrogen) atoms. The highest BCUT2D eigenvalue weighted by Gasteiger charge is 2.19. The first-order chi connectivity index (χ1) is 29.3. The number of nitrogens with zero attached hydrogens (tertiary/aromatic N) is 2. The molecule has 0 spiro atoms. The number of rotatable bonds is 6. The number of hydrogen-bond donors (Lipinski definition) is 0. The molecule has 0 saturated heterocycles. The highest BCUT2D eigenvalue weighted by molar-refractivity contribution is 6.12. The van der Waals surface area contributed by atoms with Crippen molar-refractivity contribution in [1.29, 1.82) is 0 Å². The molecule has 0 aliphatic carbocycles. The van der Waals surface area contributed by atoms with Crippen LogP contribution in [0.1, 0.15) is 0 Å². The van der Waals surface area contributed by atoms with Crippen LogP contribution >= 0.6 is 0 Å². The average Bonchev–Trinajstić information content (AvgIpc) is 3.84. The smallest absolute Gasteiger partial charge is 0.137 e. The van der Waals surface area contributed by atoms with Gasteiger partial charge in [0.15, 0.2) is 0 Å². The van der Waals surface area contributed by atoms with Gasteiger partial charge in [-0.1, -0.05) is 152 Å². The van der Waals surface area contributed by atoms with Gasteiger partial charge in [-0.15, -0.1) is 0 Å². The molecule has 276 valence electrons.